The van der Waals surface area contributed by atoms with Crippen molar-refractivity contribution in [3.05, 3.63) is 23.9 Å². The van der Waals surface area contributed by atoms with Gasteiger partial charge in [0.15, 0.2) is 0 Å². The van der Waals surface area contributed by atoms with Gasteiger partial charge in [0.1, 0.15) is 5.82 Å². The summed E-state index contributed by atoms with van der Waals surface area (Å²) >= 11 is 0. The molecule has 0 saturated carbocycles. The molecule has 2 amide bonds. The fraction of sp³-hybridized carbons (Fsp3) is 0.611. The Morgan fingerprint density at radius 1 is 1.44 bits per heavy atom. The number of rotatable bonds is 6. The second-order valence-electron chi connectivity index (χ2n) is 6.77. The van der Waals surface area contributed by atoms with Crippen LogP contribution >= 0.6 is 0 Å². The first-order chi connectivity index (χ1) is 12.1. The van der Waals surface area contributed by atoms with Crippen LogP contribution in [-0.4, -0.2) is 61.1 Å². The monoisotopic (exact) mass is 346 g/mol. The van der Waals surface area contributed by atoms with Crippen LogP contribution in [0.5, 0.6) is 0 Å². The van der Waals surface area contributed by atoms with E-state index in [-0.39, 0.29) is 11.9 Å². The lowest BCUT2D eigenvalue weighted by molar-refractivity contribution is -0.139. The van der Waals surface area contributed by atoms with Crippen LogP contribution in [0, 0.1) is 5.92 Å². The summed E-state index contributed by atoms with van der Waals surface area (Å²) in [7, 11) is 1.68. The minimum atomic E-state index is -0.453. The van der Waals surface area contributed by atoms with Gasteiger partial charge in [0, 0.05) is 52.0 Å². The Balaban J connectivity index is 1.72. The number of pyridine rings is 1. The highest BCUT2D eigenvalue weighted by atomic mass is 16.5. The third kappa shape index (κ3) is 3.76. The highest BCUT2D eigenvalue weighted by Crippen LogP contribution is 2.33. The number of nitrogens with two attached hydrogens (primary N) is 1. The van der Waals surface area contributed by atoms with Gasteiger partial charge in [0.25, 0.3) is 5.91 Å². The molecule has 0 radical (unpaired) electrons. The molecule has 0 spiro atoms. The Labute approximate surface area is 148 Å². The van der Waals surface area contributed by atoms with Crippen molar-refractivity contribution in [1.29, 1.82) is 0 Å². The van der Waals surface area contributed by atoms with Crippen molar-refractivity contribution in [3.8, 4) is 0 Å². The highest BCUT2D eigenvalue weighted by molar-refractivity contribution is 5.97. The molecule has 25 heavy (non-hydrogen) atoms. The molecule has 3 heterocycles. The molecule has 3 rings (SSSR count). The van der Waals surface area contributed by atoms with Crippen molar-refractivity contribution < 1.29 is 14.3 Å². The molecule has 2 fully saturated rings. The highest BCUT2D eigenvalue weighted by Gasteiger charge is 2.39. The average Bonchev–Trinajstić information content (AvgIpc) is 2.63. The van der Waals surface area contributed by atoms with Crippen LogP contribution in [0.1, 0.15) is 36.0 Å². The summed E-state index contributed by atoms with van der Waals surface area (Å²) in [5, 5.41) is 0. The van der Waals surface area contributed by atoms with Crippen molar-refractivity contribution >= 4 is 17.6 Å². The third-order valence-corrected chi connectivity index (χ3v) is 5.24. The van der Waals surface area contributed by atoms with Gasteiger partial charge in [-0.2, -0.15) is 0 Å². The fourth-order valence-corrected chi connectivity index (χ4v) is 4.05. The number of carbonyl (C=O) groups is 2. The van der Waals surface area contributed by atoms with Crippen molar-refractivity contribution in [3.63, 3.8) is 0 Å². The van der Waals surface area contributed by atoms with Gasteiger partial charge in [-0.1, -0.05) is 0 Å². The number of carbonyl (C=O) groups excluding carboxylic acids is 2. The molecule has 7 nitrogen and oxygen atoms in total. The number of primary amides is 1. The first kappa shape index (κ1) is 17.7. The maximum atomic E-state index is 12.3. The molecule has 0 aliphatic carbocycles. The van der Waals surface area contributed by atoms with Crippen LogP contribution in [-0.2, 0) is 9.53 Å². The zero-order valence-corrected chi connectivity index (χ0v) is 14.7. The maximum absolute atomic E-state index is 12.3. The second-order valence-corrected chi connectivity index (χ2v) is 6.77. The molecule has 0 bridgehead atoms. The molecule has 2 aliphatic heterocycles. The van der Waals surface area contributed by atoms with E-state index in [9.17, 15) is 9.59 Å². The van der Waals surface area contributed by atoms with E-state index >= 15 is 0 Å². The molecular formula is C18H26N4O3. The van der Waals surface area contributed by atoms with Crippen molar-refractivity contribution in [2.24, 2.45) is 11.7 Å². The number of fused-ring (bicyclic) bond motifs is 1. The minimum absolute atomic E-state index is 0.251. The minimum Gasteiger partial charge on any atom is -0.385 e. The molecule has 136 valence electrons. The summed E-state index contributed by atoms with van der Waals surface area (Å²) < 4.78 is 5.12. The van der Waals surface area contributed by atoms with Crippen LogP contribution < -0.4 is 10.6 Å². The van der Waals surface area contributed by atoms with Crippen LogP contribution in [0.25, 0.3) is 0 Å². The Kier molecular flexibility index (Phi) is 5.53. The van der Waals surface area contributed by atoms with Gasteiger partial charge in [0.05, 0.1) is 5.56 Å². The molecule has 0 unspecified atom stereocenters. The van der Waals surface area contributed by atoms with Crippen LogP contribution in [0.15, 0.2) is 18.3 Å². The predicted octanol–water partition coefficient (Wildman–Crippen LogP) is 1.03. The Morgan fingerprint density at radius 3 is 3.04 bits per heavy atom. The van der Waals surface area contributed by atoms with E-state index in [4.69, 9.17) is 10.5 Å². The largest absolute Gasteiger partial charge is 0.385 e. The van der Waals surface area contributed by atoms with Crippen LogP contribution in [0.2, 0.25) is 0 Å². The summed E-state index contributed by atoms with van der Waals surface area (Å²) in [5.74, 6) is 0.861. The molecule has 1 aromatic rings. The Hall–Kier alpha value is -2.15. The second kappa shape index (κ2) is 7.82. The normalized spacial score (nSPS) is 23.5. The Morgan fingerprint density at radius 2 is 2.28 bits per heavy atom. The average molecular weight is 346 g/mol. The van der Waals surface area contributed by atoms with E-state index in [1.54, 1.807) is 25.4 Å². The predicted molar refractivity (Wildman–Crippen MR) is 94.3 cm³/mol. The first-order valence-electron chi connectivity index (χ1n) is 8.90. The summed E-state index contributed by atoms with van der Waals surface area (Å²) in [6.07, 6.45) is 4.92. The van der Waals surface area contributed by atoms with E-state index in [0.717, 1.165) is 38.9 Å². The number of nitrogens with zero attached hydrogens (tertiary/aromatic N) is 3. The van der Waals surface area contributed by atoms with Gasteiger partial charge in [-0.25, -0.2) is 4.98 Å². The number of amides is 2. The van der Waals surface area contributed by atoms with E-state index in [1.165, 1.54) is 0 Å². The number of anilines is 1. The van der Waals surface area contributed by atoms with Gasteiger partial charge in [-0.3, -0.25) is 9.59 Å². The summed E-state index contributed by atoms with van der Waals surface area (Å²) in [6.45, 7) is 3.00. The van der Waals surface area contributed by atoms with Crippen molar-refractivity contribution in [1.82, 2.24) is 9.88 Å². The smallest absolute Gasteiger partial charge is 0.252 e. The quantitative estimate of drug-likeness (QED) is 0.777. The summed E-state index contributed by atoms with van der Waals surface area (Å²) in [4.78, 5) is 32.6. The standard InChI is InChI=1S/C18H26N4O3/c1-25-11-3-9-22-15-7-10-21(12-13(15)5-6-16(22)23)18-14(17(19)24)4-2-8-20-18/h2,4,8,13,15H,3,5-7,9-12H2,1H3,(H2,19,24)/t13-,15+/m0/s1. The number of ether oxygens (including phenoxy) is 1. The number of methoxy groups -OCH3 is 1. The van der Waals surface area contributed by atoms with Crippen LogP contribution in [0.4, 0.5) is 5.82 Å². The van der Waals surface area contributed by atoms with Gasteiger partial charge in [-0.15, -0.1) is 0 Å². The zero-order chi connectivity index (χ0) is 17.8. The Bertz CT molecular complexity index is 637. The van der Waals surface area contributed by atoms with Gasteiger partial charge in [0.2, 0.25) is 5.91 Å². The maximum Gasteiger partial charge on any atom is 0.252 e. The molecular weight excluding hydrogens is 320 g/mol. The van der Waals surface area contributed by atoms with Crippen molar-refractivity contribution in [2.45, 2.75) is 31.7 Å². The van der Waals surface area contributed by atoms with Gasteiger partial charge >= 0.3 is 0 Å². The van der Waals surface area contributed by atoms with E-state index in [2.05, 4.69) is 9.88 Å². The SMILES string of the molecule is COCCCN1C(=O)CC[C@H]2CN(c3ncccc3C(N)=O)CC[C@H]21. The lowest BCUT2D eigenvalue weighted by Crippen LogP contribution is -2.56. The van der Waals surface area contributed by atoms with E-state index < -0.39 is 5.91 Å². The van der Waals surface area contributed by atoms with Crippen LogP contribution in [0.3, 0.4) is 0 Å². The fourth-order valence-electron chi connectivity index (χ4n) is 4.05. The summed E-state index contributed by atoms with van der Waals surface area (Å²) in [6, 6.07) is 3.72. The molecule has 2 N–H and O–H groups in total. The molecule has 7 heteroatoms. The van der Waals surface area contributed by atoms with E-state index in [1.807, 2.05) is 4.90 Å². The first-order valence-corrected chi connectivity index (χ1v) is 8.90. The summed E-state index contributed by atoms with van der Waals surface area (Å²) in [5.41, 5.74) is 5.95. The molecule has 1 aromatic heterocycles. The molecule has 2 saturated heterocycles. The molecule has 2 aliphatic rings. The molecule has 0 aromatic carbocycles. The van der Waals surface area contributed by atoms with Crippen molar-refractivity contribution in [2.75, 3.05) is 38.3 Å². The number of aromatic nitrogens is 1. The topological polar surface area (TPSA) is 88.8 Å². The number of hydrogen-bond donors (Lipinski definition) is 1. The number of piperidine rings is 2. The van der Waals surface area contributed by atoms with Gasteiger partial charge in [-0.05, 0) is 37.3 Å². The number of hydrogen-bond acceptors (Lipinski definition) is 5. The lowest BCUT2D eigenvalue weighted by Gasteiger charge is -2.47. The van der Waals surface area contributed by atoms with E-state index in [0.29, 0.717) is 30.3 Å². The van der Waals surface area contributed by atoms with Gasteiger partial charge < -0.3 is 20.3 Å². The molecule has 2 atom stereocenters. The zero-order valence-electron chi connectivity index (χ0n) is 14.7. The number of likely N-dealkylation sites (tertiary alicyclic amines) is 1. The third-order valence-electron chi connectivity index (χ3n) is 5.24. The lowest BCUT2D eigenvalue weighted by atomic mass is 9.83.